The predicted molar refractivity (Wildman–Crippen MR) is 87.2 cm³/mol. The van der Waals surface area contributed by atoms with Crippen LogP contribution in [-0.4, -0.2) is 4.57 Å². The van der Waals surface area contributed by atoms with E-state index in [1.165, 1.54) is 12.1 Å². The van der Waals surface area contributed by atoms with E-state index in [0.717, 1.165) is 16.7 Å². The number of benzene rings is 1. The molecule has 106 valence electrons. The standard InChI is InChI=1S/C16H11BrFNOS/c17-15-14(12-5-7-21-10-12)4-6-19(16(15)20)9-11-2-1-3-13(18)8-11/h1-8,10H,9H2. The molecule has 3 aromatic rings. The number of pyridine rings is 1. The van der Waals surface area contributed by atoms with Crippen molar-refractivity contribution in [1.29, 1.82) is 0 Å². The number of hydrogen-bond acceptors (Lipinski definition) is 2. The van der Waals surface area contributed by atoms with E-state index in [1.807, 2.05) is 22.9 Å². The molecule has 0 aliphatic carbocycles. The second-order valence-corrected chi connectivity index (χ2v) is 6.19. The fourth-order valence-electron chi connectivity index (χ4n) is 2.14. The quantitative estimate of drug-likeness (QED) is 0.670. The molecule has 0 N–H and O–H groups in total. The smallest absolute Gasteiger partial charge is 0.265 e. The van der Waals surface area contributed by atoms with E-state index in [0.29, 0.717) is 11.0 Å². The van der Waals surface area contributed by atoms with Crippen LogP contribution in [0.4, 0.5) is 4.39 Å². The minimum atomic E-state index is -0.297. The maximum absolute atomic E-state index is 13.2. The van der Waals surface area contributed by atoms with Gasteiger partial charge in [-0.1, -0.05) is 12.1 Å². The molecule has 0 saturated carbocycles. The summed E-state index contributed by atoms with van der Waals surface area (Å²) in [6, 6.07) is 10.1. The van der Waals surface area contributed by atoms with Crippen molar-refractivity contribution in [1.82, 2.24) is 4.57 Å². The van der Waals surface area contributed by atoms with Crippen LogP contribution in [0.15, 0.2) is 62.6 Å². The molecule has 2 heterocycles. The van der Waals surface area contributed by atoms with Crippen molar-refractivity contribution in [3.63, 3.8) is 0 Å². The van der Waals surface area contributed by atoms with Crippen LogP contribution < -0.4 is 5.56 Å². The summed E-state index contributed by atoms with van der Waals surface area (Å²) < 4.78 is 15.3. The van der Waals surface area contributed by atoms with Crippen molar-refractivity contribution >= 4 is 27.3 Å². The van der Waals surface area contributed by atoms with E-state index in [-0.39, 0.29) is 11.4 Å². The van der Waals surface area contributed by atoms with E-state index in [1.54, 1.807) is 34.2 Å². The van der Waals surface area contributed by atoms with Crippen LogP contribution in [0, 0.1) is 5.82 Å². The minimum Gasteiger partial charge on any atom is -0.310 e. The monoisotopic (exact) mass is 363 g/mol. The van der Waals surface area contributed by atoms with Crippen LogP contribution in [0.2, 0.25) is 0 Å². The number of hydrogen-bond donors (Lipinski definition) is 0. The van der Waals surface area contributed by atoms with Gasteiger partial charge >= 0.3 is 0 Å². The van der Waals surface area contributed by atoms with Crippen molar-refractivity contribution in [3.8, 4) is 11.1 Å². The molecule has 0 atom stereocenters. The summed E-state index contributed by atoms with van der Waals surface area (Å²) >= 11 is 4.96. The van der Waals surface area contributed by atoms with E-state index >= 15 is 0 Å². The Morgan fingerprint density at radius 2 is 2.10 bits per heavy atom. The molecule has 5 heteroatoms. The van der Waals surface area contributed by atoms with Crippen molar-refractivity contribution in [3.05, 3.63) is 79.6 Å². The second kappa shape index (κ2) is 5.95. The number of aromatic nitrogens is 1. The largest absolute Gasteiger partial charge is 0.310 e. The van der Waals surface area contributed by atoms with Gasteiger partial charge < -0.3 is 4.57 Å². The average molecular weight is 364 g/mol. The maximum Gasteiger partial charge on any atom is 0.265 e. The zero-order valence-corrected chi connectivity index (χ0v) is 13.3. The first-order chi connectivity index (χ1) is 10.1. The van der Waals surface area contributed by atoms with Crippen molar-refractivity contribution in [2.45, 2.75) is 6.54 Å². The highest BCUT2D eigenvalue weighted by atomic mass is 79.9. The summed E-state index contributed by atoms with van der Waals surface area (Å²) in [5.74, 6) is -0.297. The molecule has 0 aliphatic heterocycles. The van der Waals surface area contributed by atoms with Crippen molar-refractivity contribution in [2.75, 3.05) is 0 Å². The Bertz CT molecular complexity index is 827. The van der Waals surface area contributed by atoms with Crippen molar-refractivity contribution < 1.29 is 4.39 Å². The molecule has 2 nitrogen and oxygen atoms in total. The van der Waals surface area contributed by atoms with Crippen LogP contribution in [0.3, 0.4) is 0 Å². The average Bonchev–Trinajstić information content (AvgIpc) is 2.98. The molecule has 0 spiro atoms. The number of rotatable bonds is 3. The fraction of sp³-hybridized carbons (Fsp3) is 0.0625. The molecule has 0 amide bonds. The maximum atomic E-state index is 13.2. The molecule has 21 heavy (non-hydrogen) atoms. The lowest BCUT2D eigenvalue weighted by molar-refractivity contribution is 0.622. The number of nitrogens with zero attached hydrogens (tertiary/aromatic N) is 1. The highest BCUT2D eigenvalue weighted by Gasteiger charge is 2.10. The van der Waals surface area contributed by atoms with Gasteiger partial charge in [-0.15, -0.1) is 0 Å². The lowest BCUT2D eigenvalue weighted by Gasteiger charge is -2.09. The summed E-state index contributed by atoms with van der Waals surface area (Å²) in [6.07, 6.45) is 1.74. The summed E-state index contributed by atoms with van der Waals surface area (Å²) in [5, 5.41) is 3.97. The summed E-state index contributed by atoms with van der Waals surface area (Å²) in [4.78, 5) is 12.4. The van der Waals surface area contributed by atoms with E-state index in [9.17, 15) is 9.18 Å². The molecular weight excluding hydrogens is 353 g/mol. The van der Waals surface area contributed by atoms with E-state index in [2.05, 4.69) is 15.9 Å². The molecule has 3 rings (SSSR count). The summed E-state index contributed by atoms with van der Waals surface area (Å²) in [5.41, 5.74) is 2.52. The third kappa shape index (κ3) is 2.99. The van der Waals surface area contributed by atoms with Crippen LogP contribution in [-0.2, 0) is 6.54 Å². The van der Waals surface area contributed by atoms with Gasteiger partial charge in [-0.25, -0.2) is 4.39 Å². The first kappa shape index (κ1) is 14.2. The topological polar surface area (TPSA) is 22.0 Å². The Balaban J connectivity index is 1.98. The minimum absolute atomic E-state index is 0.122. The Kier molecular flexibility index (Phi) is 4.03. The second-order valence-electron chi connectivity index (χ2n) is 4.62. The molecule has 0 unspecified atom stereocenters. The van der Waals surface area contributed by atoms with Crippen LogP contribution >= 0.6 is 27.3 Å². The van der Waals surface area contributed by atoms with Crippen LogP contribution in [0.1, 0.15) is 5.56 Å². The zero-order valence-electron chi connectivity index (χ0n) is 10.9. The van der Waals surface area contributed by atoms with Crippen molar-refractivity contribution in [2.24, 2.45) is 0 Å². The molecule has 0 saturated heterocycles. The molecule has 0 radical (unpaired) electrons. The third-order valence-electron chi connectivity index (χ3n) is 3.18. The fourth-order valence-corrected chi connectivity index (χ4v) is 3.39. The highest BCUT2D eigenvalue weighted by molar-refractivity contribution is 9.10. The SMILES string of the molecule is O=c1c(Br)c(-c2ccsc2)ccn1Cc1cccc(F)c1. The summed E-state index contributed by atoms with van der Waals surface area (Å²) in [7, 11) is 0. The lowest BCUT2D eigenvalue weighted by Crippen LogP contribution is -2.21. The van der Waals surface area contributed by atoms with Gasteiger partial charge in [0.2, 0.25) is 0 Å². The van der Waals surface area contributed by atoms with Crippen LogP contribution in [0.25, 0.3) is 11.1 Å². The van der Waals surface area contributed by atoms with Gasteiger partial charge in [0, 0.05) is 11.8 Å². The van der Waals surface area contributed by atoms with Gasteiger partial charge in [-0.05, 0) is 62.1 Å². The molecule has 1 aromatic carbocycles. The van der Waals surface area contributed by atoms with Gasteiger partial charge in [0.15, 0.2) is 0 Å². The molecule has 0 fully saturated rings. The first-order valence-electron chi connectivity index (χ1n) is 6.31. The van der Waals surface area contributed by atoms with Gasteiger partial charge in [0.1, 0.15) is 5.82 Å². The van der Waals surface area contributed by atoms with Gasteiger partial charge in [-0.2, -0.15) is 11.3 Å². The normalized spacial score (nSPS) is 10.8. The van der Waals surface area contributed by atoms with Gasteiger partial charge in [0.25, 0.3) is 5.56 Å². The molecule has 0 aliphatic rings. The van der Waals surface area contributed by atoms with Gasteiger partial charge in [-0.3, -0.25) is 4.79 Å². The Labute approximate surface area is 133 Å². The van der Waals surface area contributed by atoms with E-state index < -0.39 is 0 Å². The first-order valence-corrected chi connectivity index (χ1v) is 8.04. The predicted octanol–water partition coefficient (Wildman–Crippen LogP) is 4.53. The van der Waals surface area contributed by atoms with Gasteiger partial charge in [0.05, 0.1) is 11.0 Å². The molecule has 0 bridgehead atoms. The summed E-state index contributed by atoms with van der Waals surface area (Å²) in [6.45, 7) is 0.346. The lowest BCUT2D eigenvalue weighted by atomic mass is 10.1. The highest BCUT2D eigenvalue weighted by Crippen LogP contribution is 2.27. The molecule has 2 aromatic heterocycles. The number of thiophene rings is 1. The molecular formula is C16H11BrFNOS. The van der Waals surface area contributed by atoms with E-state index in [4.69, 9.17) is 0 Å². The number of halogens is 2. The van der Waals surface area contributed by atoms with Crippen LogP contribution in [0.5, 0.6) is 0 Å². The Hall–Kier alpha value is -1.72. The Morgan fingerprint density at radius 3 is 2.81 bits per heavy atom. The third-order valence-corrected chi connectivity index (χ3v) is 4.63. The Morgan fingerprint density at radius 1 is 1.24 bits per heavy atom. The zero-order chi connectivity index (χ0) is 14.8.